The summed E-state index contributed by atoms with van der Waals surface area (Å²) in [5.74, 6) is -0.901. The number of aliphatic hydroxyl groups is 3. The van der Waals surface area contributed by atoms with Crippen molar-refractivity contribution in [3.63, 3.8) is 0 Å². The van der Waals surface area contributed by atoms with Crippen molar-refractivity contribution in [1.29, 1.82) is 0 Å². The Morgan fingerprint density at radius 2 is 1.76 bits per heavy atom. The van der Waals surface area contributed by atoms with Gasteiger partial charge in [0.1, 0.15) is 5.75 Å². The number of ether oxygens (including phenoxy) is 1. The number of hydrogen-bond donors (Lipinski definition) is 4. The van der Waals surface area contributed by atoms with E-state index in [0.717, 1.165) is 29.5 Å². The van der Waals surface area contributed by atoms with Crippen LogP contribution in [0.3, 0.4) is 0 Å². The van der Waals surface area contributed by atoms with Crippen LogP contribution in [-0.2, 0) is 33.0 Å². The lowest BCUT2D eigenvalue weighted by Gasteiger charge is -2.35. The van der Waals surface area contributed by atoms with E-state index in [1.807, 2.05) is 80.6 Å². The zero-order valence-corrected chi connectivity index (χ0v) is 35.3. The number of unbranched alkanes of at least 4 members (excludes halogenated alkanes) is 1. The summed E-state index contributed by atoms with van der Waals surface area (Å²) in [7, 11) is 0. The highest BCUT2D eigenvalue weighted by Crippen LogP contribution is 2.48. The SMILES string of the molecule is CCOc1ccc2c(c1)CC(NCCCCO)C(=O)N2c1ccc2c(c1)[C@@](O)([C@H](C)/C=C/CC(=O)N(CCO)Cc1ccccc1)C(=O)N2C/C=C(\C)CCC=C(C)C. The van der Waals surface area contributed by atoms with Crippen LogP contribution in [0.25, 0.3) is 0 Å². The van der Waals surface area contributed by atoms with Crippen molar-refractivity contribution in [2.45, 2.75) is 91.3 Å². The first-order chi connectivity index (χ1) is 28.4. The number of carbonyl (C=O) groups is 3. The second-order valence-corrected chi connectivity index (χ2v) is 15.7. The first-order valence-electron chi connectivity index (χ1n) is 20.9. The molecular formula is C48H62N4O7. The Bertz CT molecular complexity index is 2010. The predicted octanol–water partition coefficient (Wildman–Crippen LogP) is 6.87. The fraction of sp³-hybridized carbons (Fsp3) is 0.438. The number of carbonyl (C=O) groups excluding carboxylic acids is 3. The van der Waals surface area contributed by atoms with Gasteiger partial charge in [-0.1, -0.05) is 72.7 Å². The van der Waals surface area contributed by atoms with Crippen molar-refractivity contribution < 1.29 is 34.4 Å². The van der Waals surface area contributed by atoms with E-state index in [0.29, 0.717) is 67.3 Å². The second kappa shape index (κ2) is 21.3. The fourth-order valence-corrected chi connectivity index (χ4v) is 7.77. The monoisotopic (exact) mass is 806 g/mol. The Morgan fingerprint density at radius 1 is 1.00 bits per heavy atom. The lowest BCUT2D eigenvalue weighted by molar-refractivity contribution is -0.139. The molecule has 0 spiro atoms. The summed E-state index contributed by atoms with van der Waals surface area (Å²) in [5.41, 5.74) is 4.36. The number of allylic oxidation sites excluding steroid dienone is 3. The van der Waals surface area contributed by atoms with Crippen LogP contribution in [0.1, 0.15) is 83.4 Å². The lowest BCUT2D eigenvalue weighted by atomic mass is 9.82. The number of nitrogens with zero attached hydrogens (tertiary/aromatic N) is 3. The third-order valence-electron chi connectivity index (χ3n) is 11.1. The molecule has 2 aliphatic heterocycles. The summed E-state index contributed by atoms with van der Waals surface area (Å²) in [6.45, 7) is 11.6. The van der Waals surface area contributed by atoms with E-state index in [2.05, 4.69) is 25.2 Å². The third-order valence-corrected chi connectivity index (χ3v) is 11.1. The van der Waals surface area contributed by atoms with E-state index < -0.39 is 23.5 Å². The molecule has 0 radical (unpaired) electrons. The van der Waals surface area contributed by atoms with Crippen LogP contribution in [0.4, 0.5) is 17.1 Å². The summed E-state index contributed by atoms with van der Waals surface area (Å²) in [4.78, 5) is 47.2. The largest absolute Gasteiger partial charge is 0.494 e. The van der Waals surface area contributed by atoms with Gasteiger partial charge in [0.2, 0.25) is 11.8 Å². The number of anilines is 3. The zero-order chi connectivity index (χ0) is 42.5. The minimum atomic E-state index is -2.01. The average molecular weight is 807 g/mol. The topological polar surface area (TPSA) is 143 Å². The highest BCUT2D eigenvalue weighted by Gasteiger charge is 2.53. The molecule has 5 rings (SSSR count). The molecule has 3 aromatic rings. The fourth-order valence-electron chi connectivity index (χ4n) is 7.77. The third kappa shape index (κ3) is 11.0. The van der Waals surface area contributed by atoms with E-state index >= 15 is 0 Å². The van der Waals surface area contributed by atoms with Crippen molar-refractivity contribution in [3.8, 4) is 5.75 Å². The van der Waals surface area contributed by atoms with Gasteiger partial charge in [0.25, 0.3) is 5.91 Å². The molecule has 11 nitrogen and oxygen atoms in total. The smallest absolute Gasteiger partial charge is 0.264 e. The van der Waals surface area contributed by atoms with Crippen molar-refractivity contribution in [1.82, 2.24) is 10.2 Å². The molecular weight excluding hydrogens is 745 g/mol. The number of fused-ring (bicyclic) bond motifs is 2. The van der Waals surface area contributed by atoms with Gasteiger partial charge in [0, 0.05) is 49.8 Å². The number of rotatable bonds is 21. The van der Waals surface area contributed by atoms with Crippen LogP contribution >= 0.6 is 0 Å². The number of amides is 3. The van der Waals surface area contributed by atoms with Gasteiger partial charge in [-0.15, -0.1) is 0 Å². The molecule has 0 saturated heterocycles. The molecule has 3 amide bonds. The molecule has 3 atom stereocenters. The summed E-state index contributed by atoms with van der Waals surface area (Å²) in [5, 5.41) is 35.1. The summed E-state index contributed by atoms with van der Waals surface area (Å²) in [6, 6.07) is 20.1. The van der Waals surface area contributed by atoms with Gasteiger partial charge >= 0.3 is 0 Å². The number of benzene rings is 3. The Kier molecular flexibility index (Phi) is 16.2. The summed E-state index contributed by atoms with van der Waals surface area (Å²) >= 11 is 0. The molecule has 0 fully saturated rings. The molecule has 0 aromatic heterocycles. The molecule has 0 aliphatic carbocycles. The van der Waals surface area contributed by atoms with Crippen molar-refractivity contribution >= 4 is 34.8 Å². The predicted molar refractivity (Wildman–Crippen MR) is 234 cm³/mol. The molecule has 0 bridgehead atoms. The van der Waals surface area contributed by atoms with Gasteiger partial charge in [-0.3, -0.25) is 19.3 Å². The van der Waals surface area contributed by atoms with E-state index in [1.54, 1.807) is 39.8 Å². The van der Waals surface area contributed by atoms with E-state index in [-0.39, 0.29) is 44.5 Å². The zero-order valence-electron chi connectivity index (χ0n) is 35.3. The second-order valence-electron chi connectivity index (χ2n) is 15.7. The molecule has 0 saturated carbocycles. The lowest BCUT2D eigenvalue weighted by Crippen LogP contribution is -2.49. The van der Waals surface area contributed by atoms with Gasteiger partial charge in [-0.25, -0.2) is 0 Å². The van der Waals surface area contributed by atoms with E-state index in [9.17, 15) is 29.7 Å². The minimum absolute atomic E-state index is 0.0150. The molecule has 2 heterocycles. The Balaban J connectivity index is 1.50. The Hall–Kier alpha value is -5.07. The average Bonchev–Trinajstić information content (AvgIpc) is 3.44. The minimum Gasteiger partial charge on any atom is -0.494 e. The van der Waals surface area contributed by atoms with Gasteiger partial charge in [-0.05, 0) is 114 Å². The van der Waals surface area contributed by atoms with Crippen LogP contribution in [-0.4, -0.2) is 83.4 Å². The summed E-state index contributed by atoms with van der Waals surface area (Å²) < 4.78 is 5.82. The van der Waals surface area contributed by atoms with Crippen LogP contribution in [0, 0.1) is 5.92 Å². The molecule has 2 aliphatic rings. The highest BCUT2D eigenvalue weighted by molar-refractivity contribution is 6.10. The highest BCUT2D eigenvalue weighted by atomic mass is 16.5. The first-order valence-corrected chi connectivity index (χ1v) is 20.9. The van der Waals surface area contributed by atoms with Gasteiger partial charge in [0.05, 0.1) is 30.6 Å². The van der Waals surface area contributed by atoms with Crippen molar-refractivity contribution in [3.05, 3.63) is 119 Å². The molecule has 1 unspecified atom stereocenters. The van der Waals surface area contributed by atoms with Crippen LogP contribution in [0.15, 0.2) is 102 Å². The molecule has 59 heavy (non-hydrogen) atoms. The van der Waals surface area contributed by atoms with Gasteiger partial charge < -0.3 is 35.2 Å². The van der Waals surface area contributed by atoms with Crippen LogP contribution < -0.4 is 19.9 Å². The Labute approximate surface area is 349 Å². The van der Waals surface area contributed by atoms with E-state index in [1.165, 1.54) is 5.57 Å². The number of hydrogen-bond acceptors (Lipinski definition) is 8. The van der Waals surface area contributed by atoms with Crippen LogP contribution in [0.5, 0.6) is 5.75 Å². The molecule has 11 heteroatoms. The molecule has 316 valence electrons. The summed E-state index contributed by atoms with van der Waals surface area (Å²) in [6.07, 6.45) is 11.1. The quantitative estimate of drug-likeness (QED) is 0.0676. The molecule has 3 aromatic carbocycles. The van der Waals surface area contributed by atoms with Crippen molar-refractivity contribution in [2.75, 3.05) is 49.3 Å². The Morgan fingerprint density at radius 3 is 2.47 bits per heavy atom. The van der Waals surface area contributed by atoms with E-state index in [4.69, 9.17) is 4.74 Å². The maximum Gasteiger partial charge on any atom is 0.264 e. The van der Waals surface area contributed by atoms with Gasteiger partial charge in [0.15, 0.2) is 5.60 Å². The normalized spacial score (nSPS) is 18.2. The maximum absolute atomic E-state index is 14.6. The van der Waals surface area contributed by atoms with Gasteiger partial charge in [-0.2, -0.15) is 0 Å². The standard InChI is InChI=1S/C48H62N4O7/c1-6-59-40-21-23-43-38(30-40)31-42(49-25-10-11-28-53)46(56)52(43)39-20-22-44-41(32-39)48(58,47(57)51(44)26-24-35(4)15-12-14-34(2)3)36(5)16-13-19-45(55)50(27-29-54)33-37-17-8-7-9-18-37/h7-9,13-14,16-18,20-24,30,32,36,42,49,53-54,58H,6,10-12,15,19,25-29,31,33H2,1-5H3/b16-13+,35-24+/t36-,42?,48+/m1/s1. The molecule has 4 N–H and O–H groups in total. The van der Waals surface area contributed by atoms with Crippen LogP contribution in [0.2, 0.25) is 0 Å². The number of nitrogens with one attached hydrogen (secondary N) is 1. The number of aliphatic hydroxyl groups excluding tert-OH is 2. The maximum atomic E-state index is 14.6. The first kappa shape index (κ1) is 45.0. The van der Waals surface area contributed by atoms with Crippen molar-refractivity contribution in [2.24, 2.45) is 5.92 Å².